The number of ether oxygens (including phenoxy) is 1. The molecular weight excluding hydrogens is 338 g/mol. The van der Waals surface area contributed by atoms with Gasteiger partial charge in [0, 0.05) is 31.9 Å². The van der Waals surface area contributed by atoms with Crippen molar-refractivity contribution < 1.29 is 9.53 Å². The van der Waals surface area contributed by atoms with E-state index in [4.69, 9.17) is 10.00 Å². The number of anilines is 1. The first kappa shape index (κ1) is 18.8. The van der Waals surface area contributed by atoms with Crippen molar-refractivity contribution in [3.8, 4) is 11.8 Å². The summed E-state index contributed by atoms with van der Waals surface area (Å²) in [5.74, 6) is 0.530. The van der Waals surface area contributed by atoms with Crippen molar-refractivity contribution in [2.45, 2.75) is 26.9 Å². The van der Waals surface area contributed by atoms with Crippen LogP contribution >= 0.6 is 0 Å². The summed E-state index contributed by atoms with van der Waals surface area (Å²) in [6.07, 6.45) is -0.578. The summed E-state index contributed by atoms with van der Waals surface area (Å²) in [5.41, 5.74) is 4.35. The molecule has 1 aliphatic rings. The van der Waals surface area contributed by atoms with E-state index in [-0.39, 0.29) is 5.91 Å². The van der Waals surface area contributed by atoms with Gasteiger partial charge in [0.05, 0.1) is 11.6 Å². The fourth-order valence-corrected chi connectivity index (χ4v) is 3.40. The van der Waals surface area contributed by atoms with Crippen molar-refractivity contribution in [2.75, 3.05) is 31.1 Å². The van der Waals surface area contributed by atoms with Crippen LogP contribution in [0.5, 0.6) is 5.75 Å². The van der Waals surface area contributed by atoms with Crippen molar-refractivity contribution in [1.82, 2.24) is 4.90 Å². The van der Waals surface area contributed by atoms with Crippen molar-refractivity contribution >= 4 is 11.6 Å². The van der Waals surface area contributed by atoms with Crippen LogP contribution in [0.25, 0.3) is 0 Å². The smallest absolute Gasteiger partial charge is 0.263 e. The number of rotatable bonds is 4. The Bertz CT molecular complexity index is 864. The maximum absolute atomic E-state index is 12.7. The third kappa shape index (κ3) is 4.22. The van der Waals surface area contributed by atoms with E-state index in [1.165, 1.54) is 16.8 Å². The highest BCUT2D eigenvalue weighted by molar-refractivity contribution is 5.81. The Kier molecular flexibility index (Phi) is 5.66. The lowest BCUT2D eigenvalue weighted by atomic mass is 10.1. The van der Waals surface area contributed by atoms with Gasteiger partial charge in [-0.05, 0) is 56.2 Å². The number of benzene rings is 2. The SMILES string of the molecule is Cc1cccc(N2CCN(C(=O)C(C)Oc3cccc(C#N)c3)CC2)c1C. The average Bonchev–Trinajstić information content (AvgIpc) is 2.70. The van der Waals surface area contributed by atoms with Crippen LogP contribution in [0.4, 0.5) is 5.69 Å². The van der Waals surface area contributed by atoms with Gasteiger partial charge in [-0.2, -0.15) is 5.26 Å². The highest BCUT2D eigenvalue weighted by atomic mass is 16.5. The Hall–Kier alpha value is -3.00. The van der Waals surface area contributed by atoms with E-state index < -0.39 is 6.10 Å². The number of hydrogen-bond donors (Lipinski definition) is 0. The summed E-state index contributed by atoms with van der Waals surface area (Å²) in [7, 11) is 0. The van der Waals surface area contributed by atoms with E-state index in [1.54, 1.807) is 31.2 Å². The maximum atomic E-state index is 12.7. The van der Waals surface area contributed by atoms with Crippen LogP contribution in [-0.4, -0.2) is 43.1 Å². The number of carbonyl (C=O) groups is 1. The molecule has 0 aromatic heterocycles. The van der Waals surface area contributed by atoms with E-state index in [9.17, 15) is 4.79 Å². The minimum Gasteiger partial charge on any atom is -0.481 e. The molecule has 140 valence electrons. The lowest BCUT2D eigenvalue weighted by Crippen LogP contribution is -2.52. The summed E-state index contributed by atoms with van der Waals surface area (Å²) >= 11 is 0. The van der Waals surface area contributed by atoms with Crippen molar-refractivity contribution in [2.24, 2.45) is 0 Å². The fraction of sp³-hybridized carbons (Fsp3) is 0.364. The molecule has 27 heavy (non-hydrogen) atoms. The van der Waals surface area contributed by atoms with E-state index in [0.29, 0.717) is 24.4 Å². The molecule has 5 nitrogen and oxygen atoms in total. The Morgan fingerprint density at radius 2 is 1.81 bits per heavy atom. The fourth-order valence-electron chi connectivity index (χ4n) is 3.40. The summed E-state index contributed by atoms with van der Waals surface area (Å²) in [4.78, 5) is 16.9. The predicted octanol–water partition coefficient (Wildman–Crippen LogP) is 3.29. The third-order valence-corrected chi connectivity index (χ3v) is 5.13. The minimum absolute atomic E-state index is 0.0158. The van der Waals surface area contributed by atoms with Gasteiger partial charge in [0.25, 0.3) is 5.91 Å². The number of piperazine rings is 1. The second-order valence-electron chi connectivity index (χ2n) is 6.93. The molecule has 1 heterocycles. The normalized spacial score (nSPS) is 15.2. The second-order valence-corrected chi connectivity index (χ2v) is 6.93. The molecule has 1 aliphatic heterocycles. The molecule has 1 unspecified atom stereocenters. The Labute approximate surface area is 160 Å². The Morgan fingerprint density at radius 1 is 1.11 bits per heavy atom. The Balaban J connectivity index is 1.59. The van der Waals surface area contributed by atoms with Crippen LogP contribution in [0.1, 0.15) is 23.6 Å². The highest BCUT2D eigenvalue weighted by Gasteiger charge is 2.26. The molecule has 2 aromatic rings. The first-order valence-electron chi connectivity index (χ1n) is 9.26. The predicted molar refractivity (Wildman–Crippen MR) is 106 cm³/mol. The van der Waals surface area contributed by atoms with E-state index >= 15 is 0 Å². The van der Waals surface area contributed by atoms with Gasteiger partial charge >= 0.3 is 0 Å². The van der Waals surface area contributed by atoms with Crippen LogP contribution in [0, 0.1) is 25.2 Å². The maximum Gasteiger partial charge on any atom is 0.263 e. The molecule has 0 radical (unpaired) electrons. The van der Waals surface area contributed by atoms with E-state index in [0.717, 1.165) is 13.1 Å². The molecule has 1 atom stereocenters. The molecule has 1 fully saturated rings. The van der Waals surface area contributed by atoms with Gasteiger partial charge in [-0.25, -0.2) is 0 Å². The van der Waals surface area contributed by atoms with Crippen molar-refractivity contribution in [3.05, 3.63) is 59.2 Å². The summed E-state index contributed by atoms with van der Waals surface area (Å²) in [5, 5.41) is 8.98. The zero-order valence-electron chi connectivity index (χ0n) is 16.1. The minimum atomic E-state index is -0.578. The largest absolute Gasteiger partial charge is 0.481 e. The lowest BCUT2D eigenvalue weighted by molar-refractivity contribution is -0.138. The number of amides is 1. The molecule has 0 saturated carbocycles. The van der Waals surface area contributed by atoms with Gasteiger partial charge in [-0.1, -0.05) is 18.2 Å². The zero-order valence-corrected chi connectivity index (χ0v) is 16.1. The first-order valence-corrected chi connectivity index (χ1v) is 9.26. The Morgan fingerprint density at radius 3 is 2.52 bits per heavy atom. The monoisotopic (exact) mass is 363 g/mol. The van der Waals surface area contributed by atoms with Crippen LogP contribution in [0.3, 0.4) is 0 Å². The molecule has 0 spiro atoms. The van der Waals surface area contributed by atoms with Gasteiger partial charge in [0.15, 0.2) is 6.10 Å². The number of hydrogen-bond acceptors (Lipinski definition) is 4. The van der Waals surface area contributed by atoms with Gasteiger partial charge in [-0.3, -0.25) is 4.79 Å². The lowest BCUT2D eigenvalue weighted by Gasteiger charge is -2.38. The standard InChI is InChI=1S/C22H25N3O2/c1-16-6-4-9-21(17(16)2)24-10-12-25(13-11-24)22(26)18(3)27-20-8-5-7-19(14-20)15-23/h4-9,14,18H,10-13H2,1-3H3. The van der Waals surface area contributed by atoms with Gasteiger partial charge in [-0.15, -0.1) is 0 Å². The molecule has 1 saturated heterocycles. The van der Waals surface area contributed by atoms with Crippen molar-refractivity contribution in [3.63, 3.8) is 0 Å². The van der Waals surface area contributed by atoms with E-state index in [2.05, 4.69) is 43.0 Å². The number of nitriles is 1. The van der Waals surface area contributed by atoms with Gasteiger partial charge in [0.2, 0.25) is 0 Å². The number of carbonyl (C=O) groups excluding carboxylic acids is 1. The average molecular weight is 363 g/mol. The highest BCUT2D eigenvalue weighted by Crippen LogP contribution is 2.24. The molecule has 3 rings (SSSR count). The topological polar surface area (TPSA) is 56.6 Å². The quantitative estimate of drug-likeness (QED) is 0.836. The summed E-state index contributed by atoms with van der Waals surface area (Å²) in [6.45, 7) is 9.01. The molecule has 0 bridgehead atoms. The van der Waals surface area contributed by atoms with Crippen LogP contribution < -0.4 is 9.64 Å². The first-order chi connectivity index (χ1) is 13.0. The number of aryl methyl sites for hydroxylation is 1. The zero-order chi connectivity index (χ0) is 19.4. The van der Waals surface area contributed by atoms with Crippen LogP contribution in [0.15, 0.2) is 42.5 Å². The van der Waals surface area contributed by atoms with Crippen molar-refractivity contribution in [1.29, 1.82) is 5.26 Å². The van der Waals surface area contributed by atoms with E-state index in [1.807, 2.05) is 4.90 Å². The molecule has 5 heteroatoms. The third-order valence-electron chi connectivity index (χ3n) is 5.13. The van der Waals surface area contributed by atoms with Gasteiger partial charge < -0.3 is 14.5 Å². The molecule has 0 N–H and O–H groups in total. The molecule has 1 amide bonds. The second kappa shape index (κ2) is 8.13. The molecule has 0 aliphatic carbocycles. The summed E-state index contributed by atoms with van der Waals surface area (Å²) < 4.78 is 5.76. The van der Waals surface area contributed by atoms with Gasteiger partial charge in [0.1, 0.15) is 5.75 Å². The summed E-state index contributed by atoms with van der Waals surface area (Å²) in [6, 6.07) is 15.3. The van der Waals surface area contributed by atoms with Crippen LogP contribution in [0.2, 0.25) is 0 Å². The molecular formula is C22H25N3O2. The van der Waals surface area contributed by atoms with Crippen LogP contribution in [-0.2, 0) is 4.79 Å². The molecule has 2 aromatic carbocycles. The number of nitrogens with zero attached hydrogens (tertiary/aromatic N) is 3.